The predicted octanol–water partition coefficient (Wildman–Crippen LogP) is 2.34. The maximum Gasteiger partial charge on any atom is 0.226 e. The highest BCUT2D eigenvalue weighted by Gasteiger charge is 2.11. The van der Waals surface area contributed by atoms with E-state index in [0.717, 1.165) is 16.9 Å². The summed E-state index contributed by atoms with van der Waals surface area (Å²) in [5, 5.41) is 11.8. The van der Waals surface area contributed by atoms with Crippen molar-refractivity contribution in [3.8, 4) is 0 Å². The topological polar surface area (TPSA) is 76.9 Å². The minimum Gasteiger partial charge on any atom is -0.383 e. The minimum atomic E-state index is 0.565. The van der Waals surface area contributed by atoms with Crippen molar-refractivity contribution < 1.29 is 4.74 Å². The predicted molar refractivity (Wildman–Crippen MR) is 95.2 cm³/mol. The van der Waals surface area contributed by atoms with Gasteiger partial charge in [0, 0.05) is 27.2 Å². The summed E-state index contributed by atoms with van der Waals surface area (Å²) in [5.41, 5.74) is 3.28. The van der Waals surface area contributed by atoms with E-state index in [-0.39, 0.29) is 0 Å². The molecule has 7 nitrogen and oxygen atoms in total. The first kappa shape index (κ1) is 16.2. The SMILES string of the molecule is COCCNc1nc(NCc2ccccc2C)c2cnn(C)c2n1. The number of benzene rings is 1. The van der Waals surface area contributed by atoms with Gasteiger partial charge in [0.1, 0.15) is 5.82 Å². The van der Waals surface area contributed by atoms with Gasteiger partial charge in [0.25, 0.3) is 0 Å². The number of methoxy groups -OCH3 is 1. The number of nitrogens with zero attached hydrogens (tertiary/aromatic N) is 4. The van der Waals surface area contributed by atoms with E-state index in [2.05, 4.69) is 44.8 Å². The fraction of sp³-hybridized carbons (Fsp3) is 0.353. The van der Waals surface area contributed by atoms with Crippen molar-refractivity contribution >= 4 is 22.8 Å². The van der Waals surface area contributed by atoms with E-state index >= 15 is 0 Å². The Kier molecular flexibility index (Phi) is 4.90. The molecule has 0 spiro atoms. The standard InChI is InChI=1S/C17H22N6O/c1-12-6-4-5-7-13(12)10-19-15-14-11-20-23(2)16(14)22-17(21-15)18-8-9-24-3/h4-7,11H,8-10H2,1-3H3,(H2,18,19,21,22). The van der Waals surface area contributed by atoms with E-state index in [1.54, 1.807) is 18.0 Å². The number of hydrogen-bond donors (Lipinski definition) is 2. The summed E-state index contributed by atoms with van der Waals surface area (Å²) in [4.78, 5) is 9.11. The molecule has 0 aliphatic carbocycles. The molecule has 0 radical (unpaired) electrons. The largest absolute Gasteiger partial charge is 0.383 e. The molecule has 0 saturated heterocycles. The lowest BCUT2D eigenvalue weighted by Gasteiger charge is -2.11. The first-order valence-corrected chi connectivity index (χ1v) is 7.90. The van der Waals surface area contributed by atoms with Crippen LogP contribution in [0.3, 0.4) is 0 Å². The average molecular weight is 326 g/mol. The zero-order valence-electron chi connectivity index (χ0n) is 14.2. The van der Waals surface area contributed by atoms with Gasteiger partial charge < -0.3 is 15.4 Å². The van der Waals surface area contributed by atoms with Gasteiger partial charge in [0.05, 0.1) is 18.2 Å². The Hall–Kier alpha value is -2.67. The Labute approximate surface area is 141 Å². The zero-order valence-corrected chi connectivity index (χ0v) is 14.2. The second-order valence-electron chi connectivity index (χ2n) is 5.60. The van der Waals surface area contributed by atoms with Gasteiger partial charge in [-0.15, -0.1) is 0 Å². The van der Waals surface area contributed by atoms with Crippen molar-refractivity contribution in [1.82, 2.24) is 19.7 Å². The quantitative estimate of drug-likeness (QED) is 0.649. The molecule has 3 rings (SSSR count). The monoisotopic (exact) mass is 326 g/mol. The Morgan fingerprint density at radius 3 is 2.79 bits per heavy atom. The second kappa shape index (κ2) is 7.27. The smallest absolute Gasteiger partial charge is 0.226 e. The molecule has 0 saturated carbocycles. The number of aromatic nitrogens is 4. The summed E-state index contributed by atoms with van der Waals surface area (Å²) < 4.78 is 6.80. The van der Waals surface area contributed by atoms with Crippen molar-refractivity contribution in [3.05, 3.63) is 41.6 Å². The third kappa shape index (κ3) is 3.46. The van der Waals surface area contributed by atoms with E-state index in [9.17, 15) is 0 Å². The Balaban J connectivity index is 1.86. The fourth-order valence-corrected chi connectivity index (χ4v) is 2.49. The normalized spacial score (nSPS) is 11.0. The highest BCUT2D eigenvalue weighted by atomic mass is 16.5. The zero-order chi connectivity index (χ0) is 16.9. The molecule has 3 aromatic rings. The first-order valence-electron chi connectivity index (χ1n) is 7.90. The maximum atomic E-state index is 5.06. The molecule has 7 heteroatoms. The third-order valence-electron chi connectivity index (χ3n) is 3.89. The number of anilines is 2. The summed E-state index contributed by atoms with van der Waals surface area (Å²) in [5.74, 6) is 1.34. The number of nitrogens with one attached hydrogen (secondary N) is 2. The second-order valence-corrected chi connectivity index (χ2v) is 5.60. The lowest BCUT2D eigenvalue weighted by molar-refractivity contribution is 0.210. The number of ether oxygens (including phenoxy) is 1. The van der Waals surface area contributed by atoms with Gasteiger partial charge in [-0.3, -0.25) is 4.68 Å². The first-order chi connectivity index (χ1) is 11.7. The van der Waals surface area contributed by atoms with Crippen LogP contribution in [0.2, 0.25) is 0 Å². The van der Waals surface area contributed by atoms with Crippen molar-refractivity contribution in [2.24, 2.45) is 7.05 Å². The minimum absolute atomic E-state index is 0.565. The summed E-state index contributed by atoms with van der Waals surface area (Å²) in [6.07, 6.45) is 1.79. The van der Waals surface area contributed by atoms with Crippen molar-refractivity contribution in [2.45, 2.75) is 13.5 Å². The summed E-state index contributed by atoms with van der Waals surface area (Å²) in [7, 11) is 3.54. The Morgan fingerprint density at radius 2 is 2.00 bits per heavy atom. The molecule has 0 bridgehead atoms. The van der Waals surface area contributed by atoms with E-state index in [1.807, 2.05) is 19.2 Å². The molecule has 2 heterocycles. The molecule has 0 atom stereocenters. The molecule has 24 heavy (non-hydrogen) atoms. The maximum absolute atomic E-state index is 5.06. The lowest BCUT2D eigenvalue weighted by Crippen LogP contribution is -2.12. The van der Waals surface area contributed by atoms with Gasteiger partial charge in [0.2, 0.25) is 5.95 Å². The lowest BCUT2D eigenvalue weighted by atomic mass is 10.1. The molecule has 0 aliphatic heterocycles. The average Bonchev–Trinajstić information content (AvgIpc) is 2.96. The molecular formula is C17H22N6O. The molecule has 2 aromatic heterocycles. The van der Waals surface area contributed by atoms with E-state index in [1.165, 1.54) is 11.1 Å². The van der Waals surface area contributed by atoms with Gasteiger partial charge in [-0.05, 0) is 18.1 Å². The van der Waals surface area contributed by atoms with Crippen LogP contribution in [0.15, 0.2) is 30.5 Å². The van der Waals surface area contributed by atoms with Crippen LogP contribution in [0, 0.1) is 6.92 Å². The highest BCUT2D eigenvalue weighted by Crippen LogP contribution is 2.22. The third-order valence-corrected chi connectivity index (χ3v) is 3.89. The van der Waals surface area contributed by atoms with Crippen LogP contribution in [-0.4, -0.2) is 40.0 Å². The van der Waals surface area contributed by atoms with Gasteiger partial charge in [-0.2, -0.15) is 15.1 Å². The molecule has 126 valence electrons. The Morgan fingerprint density at radius 1 is 1.17 bits per heavy atom. The van der Waals surface area contributed by atoms with Crippen LogP contribution in [0.1, 0.15) is 11.1 Å². The number of aryl methyl sites for hydroxylation is 2. The fourth-order valence-electron chi connectivity index (χ4n) is 2.49. The van der Waals surface area contributed by atoms with Crippen molar-refractivity contribution in [1.29, 1.82) is 0 Å². The van der Waals surface area contributed by atoms with Gasteiger partial charge >= 0.3 is 0 Å². The van der Waals surface area contributed by atoms with Crippen LogP contribution in [-0.2, 0) is 18.3 Å². The molecule has 0 unspecified atom stereocenters. The summed E-state index contributed by atoms with van der Waals surface area (Å²) in [6.45, 7) is 4.05. The van der Waals surface area contributed by atoms with Crippen LogP contribution < -0.4 is 10.6 Å². The van der Waals surface area contributed by atoms with Gasteiger partial charge in [-0.1, -0.05) is 24.3 Å². The Bertz CT molecular complexity index is 829. The molecule has 0 amide bonds. The molecule has 0 aliphatic rings. The van der Waals surface area contributed by atoms with Crippen LogP contribution in [0.4, 0.5) is 11.8 Å². The number of rotatable bonds is 7. The summed E-state index contributed by atoms with van der Waals surface area (Å²) >= 11 is 0. The molecule has 2 N–H and O–H groups in total. The van der Waals surface area contributed by atoms with Crippen LogP contribution in [0.5, 0.6) is 0 Å². The number of hydrogen-bond acceptors (Lipinski definition) is 6. The van der Waals surface area contributed by atoms with E-state index < -0.39 is 0 Å². The van der Waals surface area contributed by atoms with Crippen molar-refractivity contribution in [3.63, 3.8) is 0 Å². The van der Waals surface area contributed by atoms with Gasteiger partial charge in [-0.25, -0.2) is 0 Å². The molecular weight excluding hydrogens is 304 g/mol. The van der Waals surface area contributed by atoms with Crippen LogP contribution in [0.25, 0.3) is 11.0 Å². The van der Waals surface area contributed by atoms with Crippen molar-refractivity contribution in [2.75, 3.05) is 30.9 Å². The summed E-state index contributed by atoms with van der Waals surface area (Å²) in [6, 6.07) is 8.30. The highest BCUT2D eigenvalue weighted by molar-refractivity contribution is 5.87. The molecule has 1 aromatic carbocycles. The van der Waals surface area contributed by atoms with E-state index in [0.29, 0.717) is 25.6 Å². The number of fused-ring (bicyclic) bond motifs is 1. The molecule has 0 fully saturated rings. The van der Waals surface area contributed by atoms with Crippen LogP contribution >= 0.6 is 0 Å². The van der Waals surface area contributed by atoms with E-state index in [4.69, 9.17) is 4.74 Å². The van der Waals surface area contributed by atoms with Gasteiger partial charge in [0.15, 0.2) is 5.65 Å².